The molecular formula is C25H34N4O2. The molecule has 0 aliphatic carbocycles. The molecule has 2 aromatic carbocycles. The van der Waals surface area contributed by atoms with Crippen LogP contribution in [-0.4, -0.2) is 48.4 Å². The second-order valence-electron chi connectivity index (χ2n) is 8.24. The van der Waals surface area contributed by atoms with Gasteiger partial charge in [0.15, 0.2) is 0 Å². The number of hydrogen-bond acceptors (Lipinski definition) is 3. The van der Waals surface area contributed by atoms with Crippen molar-refractivity contribution >= 4 is 17.6 Å². The smallest absolute Gasteiger partial charge is 0.319 e. The standard InChI is InChI=1S/C25H34N4O2/c1-3-28(2)19-21-10-8-9-20(17-21)18-26-25(31)27-23-13-11-22(12-14-23)24(30)29-15-6-4-5-7-16-29/h8-14,17H,3-7,15-16,18-19H2,1-2H3,(H2,26,27,31). The Labute approximate surface area is 185 Å². The highest BCUT2D eigenvalue weighted by Gasteiger charge is 2.17. The number of anilines is 1. The van der Waals surface area contributed by atoms with E-state index in [9.17, 15) is 9.59 Å². The van der Waals surface area contributed by atoms with Gasteiger partial charge in [-0.25, -0.2) is 4.79 Å². The molecule has 2 aromatic rings. The van der Waals surface area contributed by atoms with Crippen molar-refractivity contribution in [2.75, 3.05) is 32.0 Å². The van der Waals surface area contributed by atoms with E-state index in [1.165, 1.54) is 18.4 Å². The zero-order valence-electron chi connectivity index (χ0n) is 18.7. The van der Waals surface area contributed by atoms with Crippen LogP contribution in [-0.2, 0) is 13.1 Å². The Hall–Kier alpha value is -2.86. The maximum absolute atomic E-state index is 12.7. The summed E-state index contributed by atoms with van der Waals surface area (Å²) in [5.74, 6) is 0.0755. The van der Waals surface area contributed by atoms with E-state index in [1.807, 2.05) is 17.0 Å². The lowest BCUT2D eigenvalue weighted by molar-refractivity contribution is 0.0761. The van der Waals surface area contributed by atoms with Crippen LogP contribution in [0.4, 0.5) is 10.5 Å². The van der Waals surface area contributed by atoms with Crippen LogP contribution >= 0.6 is 0 Å². The van der Waals surface area contributed by atoms with Gasteiger partial charge < -0.3 is 20.4 Å². The van der Waals surface area contributed by atoms with E-state index >= 15 is 0 Å². The minimum atomic E-state index is -0.261. The van der Waals surface area contributed by atoms with Crippen molar-refractivity contribution in [3.63, 3.8) is 0 Å². The molecule has 6 nitrogen and oxygen atoms in total. The molecule has 1 saturated heterocycles. The van der Waals surface area contributed by atoms with Crippen molar-refractivity contribution in [2.24, 2.45) is 0 Å². The molecule has 31 heavy (non-hydrogen) atoms. The first-order valence-corrected chi connectivity index (χ1v) is 11.3. The molecule has 2 N–H and O–H groups in total. The maximum Gasteiger partial charge on any atom is 0.319 e. The number of carbonyl (C=O) groups excluding carboxylic acids is 2. The van der Waals surface area contributed by atoms with Crippen molar-refractivity contribution in [2.45, 2.75) is 45.7 Å². The third kappa shape index (κ3) is 7.10. The molecule has 0 radical (unpaired) electrons. The fourth-order valence-corrected chi connectivity index (χ4v) is 3.77. The Bertz CT molecular complexity index is 858. The van der Waals surface area contributed by atoms with Crippen molar-refractivity contribution in [1.29, 1.82) is 0 Å². The Balaban J connectivity index is 1.49. The summed E-state index contributed by atoms with van der Waals surface area (Å²) in [5.41, 5.74) is 3.63. The number of urea groups is 1. The molecule has 166 valence electrons. The highest BCUT2D eigenvalue weighted by molar-refractivity contribution is 5.95. The van der Waals surface area contributed by atoms with Crippen LogP contribution in [0.3, 0.4) is 0 Å². The molecule has 0 spiro atoms. The van der Waals surface area contributed by atoms with Gasteiger partial charge >= 0.3 is 6.03 Å². The van der Waals surface area contributed by atoms with E-state index in [-0.39, 0.29) is 11.9 Å². The molecule has 1 fully saturated rings. The maximum atomic E-state index is 12.7. The Morgan fingerprint density at radius 2 is 1.65 bits per heavy atom. The van der Waals surface area contributed by atoms with Gasteiger partial charge in [0.2, 0.25) is 0 Å². The lowest BCUT2D eigenvalue weighted by atomic mass is 10.1. The molecule has 3 rings (SSSR count). The van der Waals surface area contributed by atoms with Crippen LogP contribution in [0.1, 0.15) is 54.1 Å². The number of benzene rings is 2. The SMILES string of the molecule is CCN(C)Cc1cccc(CNC(=O)Nc2ccc(C(=O)N3CCCCCC3)cc2)c1. The number of hydrogen-bond donors (Lipinski definition) is 2. The molecule has 6 heteroatoms. The van der Waals surface area contributed by atoms with Crippen LogP contribution in [0.2, 0.25) is 0 Å². The summed E-state index contributed by atoms with van der Waals surface area (Å²) in [4.78, 5) is 29.2. The van der Waals surface area contributed by atoms with Crippen LogP contribution in [0.5, 0.6) is 0 Å². The fourth-order valence-electron chi connectivity index (χ4n) is 3.77. The predicted octanol–water partition coefficient (Wildman–Crippen LogP) is 4.48. The monoisotopic (exact) mass is 422 g/mol. The zero-order valence-corrected chi connectivity index (χ0v) is 18.7. The van der Waals surface area contributed by atoms with Gasteiger partial charge in [-0.15, -0.1) is 0 Å². The highest BCUT2D eigenvalue weighted by Crippen LogP contribution is 2.16. The van der Waals surface area contributed by atoms with E-state index < -0.39 is 0 Å². The third-order valence-corrected chi connectivity index (χ3v) is 5.72. The summed E-state index contributed by atoms with van der Waals surface area (Å²) in [6, 6.07) is 15.1. The van der Waals surface area contributed by atoms with E-state index in [4.69, 9.17) is 0 Å². The normalized spacial score (nSPS) is 14.2. The van der Waals surface area contributed by atoms with Gasteiger partial charge in [-0.05, 0) is 61.8 Å². The number of nitrogens with one attached hydrogen (secondary N) is 2. The Morgan fingerprint density at radius 1 is 0.968 bits per heavy atom. The third-order valence-electron chi connectivity index (χ3n) is 5.72. The van der Waals surface area contributed by atoms with Crippen LogP contribution < -0.4 is 10.6 Å². The second-order valence-corrected chi connectivity index (χ2v) is 8.24. The molecule has 0 aromatic heterocycles. The van der Waals surface area contributed by atoms with Crippen molar-refractivity contribution in [3.8, 4) is 0 Å². The van der Waals surface area contributed by atoms with Crippen molar-refractivity contribution in [3.05, 3.63) is 65.2 Å². The summed E-state index contributed by atoms with van der Waals surface area (Å²) in [6.45, 7) is 6.13. The summed E-state index contributed by atoms with van der Waals surface area (Å²) >= 11 is 0. The summed E-state index contributed by atoms with van der Waals surface area (Å²) in [5, 5.41) is 5.74. The van der Waals surface area contributed by atoms with Gasteiger partial charge in [-0.3, -0.25) is 4.79 Å². The lowest BCUT2D eigenvalue weighted by Crippen LogP contribution is -2.31. The number of nitrogens with zero attached hydrogens (tertiary/aromatic N) is 2. The summed E-state index contributed by atoms with van der Waals surface area (Å²) < 4.78 is 0. The molecule has 1 aliphatic rings. The number of carbonyl (C=O) groups is 2. The molecule has 0 atom stereocenters. The summed E-state index contributed by atoms with van der Waals surface area (Å²) in [7, 11) is 2.09. The Morgan fingerprint density at radius 3 is 2.32 bits per heavy atom. The molecule has 0 unspecified atom stereocenters. The minimum absolute atomic E-state index is 0.0755. The first-order valence-electron chi connectivity index (χ1n) is 11.3. The number of likely N-dealkylation sites (tertiary alicyclic amines) is 1. The topological polar surface area (TPSA) is 64.7 Å². The van der Waals surface area contributed by atoms with E-state index in [0.717, 1.165) is 44.6 Å². The average molecular weight is 423 g/mol. The van der Waals surface area contributed by atoms with E-state index in [0.29, 0.717) is 17.8 Å². The van der Waals surface area contributed by atoms with Gasteiger partial charge in [0.1, 0.15) is 0 Å². The number of rotatable bonds is 7. The molecule has 3 amide bonds. The molecule has 1 heterocycles. The van der Waals surface area contributed by atoms with Crippen molar-refractivity contribution < 1.29 is 9.59 Å². The van der Waals surface area contributed by atoms with Crippen LogP contribution in [0.15, 0.2) is 48.5 Å². The highest BCUT2D eigenvalue weighted by atomic mass is 16.2. The fraction of sp³-hybridized carbons (Fsp3) is 0.440. The largest absolute Gasteiger partial charge is 0.339 e. The average Bonchev–Trinajstić information content (AvgIpc) is 3.07. The first-order chi connectivity index (χ1) is 15.0. The first kappa shape index (κ1) is 22.8. The molecule has 0 saturated carbocycles. The zero-order chi connectivity index (χ0) is 22.1. The van der Waals surface area contributed by atoms with Gasteiger partial charge in [-0.2, -0.15) is 0 Å². The van der Waals surface area contributed by atoms with Crippen LogP contribution in [0, 0.1) is 0 Å². The van der Waals surface area contributed by atoms with Gasteiger partial charge in [-0.1, -0.05) is 44.0 Å². The van der Waals surface area contributed by atoms with E-state index in [1.54, 1.807) is 24.3 Å². The van der Waals surface area contributed by atoms with Crippen molar-refractivity contribution in [1.82, 2.24) is 15.1 Å². The quantitative estimate of drug-likeness (QED) is 0.692. The molecule has 1 aliphatic heterocycles. The molecular weight excluding hydrogens is 388 g/mol. The predicted molar refractivity (Wildman–Crippen MR) is 125 cm³/mol. The lowest BCUT2D eigenvalue weighted by Gasteiger charge is -2.20. The van der Waals surface area contributed by atoms with Gasteiger partial charge in [0.05, 0.1) is 0 Å². The van der Waals surface area contributed by atoms with E-state index in [2.05, 4.69) is 41.6 Å². The van der Waals surface area contributed by atoms with Gasteiger partial charge in [0, 0.05) is 37.4 Å². The summed E-state index contributed by atoms with van der Waals surface area (Å²) in [6.07, 6.45) is 4.54. The number of amides is 3. The van der Waals surface area contributed by atoms with Crippen LogP contribution in [0.25, 0.3) is 0 Å². The second kappa shape index (κ2) is 11.5. The molecule has 0 bridgehead atoms. The van der Waals surface area contributed by atoms with Gasteiger partial charge in [0.25, 0.3) is 5.91 Å². The minimum Gasteiger partial charge on any atom is -0.339 e. The Kier molecular flexibility index (Phi) is 8.47.